The van der Waals surface area contributed by atoms with Crippen molar-refractivity contribution in [1.82, 2.24) is 0 Å². The van der Waals surface area contributed by atoms with Crippen LogP contribution >= 0.6 is 23.2 Å². The fourth-order valence-electron chi connectivity index (χ4n) is 1.53. The van der Waals surface area contributed by atoms with Gasteiger partial charge < -0.3 is 4.74 Å². The molecule has 0 saturated heterocycles. The predicted molar refractivity (Wildman–Crippen MR) is 70.7 cm³/mol. The van der Waals surface area contributed by atoms with E-state index in [0.29, 0.717) is 23.1 Å². The number of benzene rings is 1. The lowest BCUT2D eigenvalue weighted by molar-refractivity contribution is -0.143. The van der Waals surface area contributed by atoms with Gasteiger partial charge in [0, 0.05) is 6.42 Å². The third kappa shape index (κ3) is 5.42. The first-order valence-corrected chi connectivity index (χ1v) is 6.48. The van der Waals surface area contributed by atoms with Crippen molar-refractivity contribution >= 4 is 29.2 Å². The lowest BCUT2D eigenvalue weighted by Crippen LogP contribution is -2.03. The number of ether oxygens (including phenoxy) is 1. The lowest BCUT2D eigenvalue weighted by Gasteiger charge is -2.04. The maximum atomic E-state index is 11.1. The highest BCUT2D eigenvalue weighted by Crippen LogP contribution is 2.23. The normalized spacial score (nSPS) is 10.3. The minimum atomic E-state index is -0.123. The smallest absolute Gasteiger partial charge is 0.305 e. The van der Waals surface area contributed by atoms with Gasteiger partial charge in [-0.05, 0) is 43.9 Å². The van der Waals surface area contributed by atoms with E-state index in [9.17, 15) is 4.79 Å². The van der Waals surface area contributed by atoms with Crippen molar-refractivity contribution in [1.29, 1.82) is 0 Å². The predicted octanol–water partition coefficient (Wildman–Crippen LogP) is 4.27. The van der Waals surface area contributed by atoms with Crippen LogP contribution in [0, 0.1) is 0 Å². The molecule has 0 unspecified atom stereocenters. The number of esters is 1. The van der Waals surface area contributed by atoms with E-state index >= 15 is 0 Å². The Morgan fingerprint density at radius 1 is 1.24 bits per heavy atom. The number of carbonyl (C=O) groups excluding carboxylic acids is 1. The average molecular weight is 275 g/mol. The highest BCUT2D eigenvalue weighted by Gasteiger charge is 2.02. The van der Waals surface area contributed by atoms with Crippen LogP contribution in [0.15, 0.2) is 18.2 Å². The van der Waals surface area contributed by atoms with E-state index in [4.69, 9.17) is 27.9 Å². The van der Waals surface area contributed by atoms with Gasteiger partial charge in [0.1, 0.15) is 0 Å². The fourth-order valence-corrected chi connectivity index (χ4v) is 1.85. The molecule has 0 radical (unpaired) electrons. The van der Waals surface area contributed by atoms with Gasteiger partial charge in [0.25, 0.3) is 0 Å². The van der Waals surface area contributed by atoms with Crippen molar-refractivity contribution < 1.29 is 9.53 Å². The Kier molecular flexibility index (Phi) is 6.38. The SMILES string of the molecule is CCOC(=O)CCCCc1ccc(Cl)c(Cl)c1. The summed E-state index contributed by atoms with van der Waals surface area (Å²) in [5, 5.41) is 1.15. The summed E-state index contributed by atoms with van der Waals surface area (Å²) in [6.45, 7) is 2.26. The molecule has 0 saturated carbocycles. The zero-order chi connectivity index (χ0) is 12.7. The van der Waals surface area contributed by atoms with Gasteiger partial charge in [-0.15, -0.1) is 0 Å². The van der Waals surface area contributed by atoms with Crippen molar-refractivity contribution in [3.05, 3.63) is 33.8 Å². The first-order chi connectivity index (χ1) is 8.13. The number of rotatable bonds is 6. The van der Waals surface area contributed by atoms with Gasteiger partial charge in [-0.3, -0.25) is 4.79 Å². The Morgan fingerprint density at radius 3 is 2.65 bits per heavy atom. The van der Waals surface area contributed by atoms with Crippen molar-refractivity contribution in [2.24, 2.45) is 0 Å². The number of aryl methyl sites for hydroxylation is 1. The summed E-state index contributed by atoms with van der Waals surface area (Å²) in [6.07, 6.45) is 3.15. The van der Waals surface area contributed by atoms with Crippen LogP contribution in [0.2, 0.25) is 10.0 Å². The number of carbonyl (C=O) groups is 1. The van der Waals surface area contributed by atoms with Crippen LogP contribution in [0.3, 0.4) is 0 Å². The summed E-state index contributed by atoms with van der Waals surface area (Å²) in [5.74, 6) is -0.123. The minimum Gasteiger partial charge on any atom is -0.466 e. The Bertz CT molecular complexity index is 378. The van der Waals surface area contributed by atoms with Crippen LogP contribution in [0.1, 0.15) is 31.7 Å². The second-order valence-electron chi connectivity index (χ2n) is 3.76. The van der Waals surface area contributed by atoms with Crippen molar-refractivity contribution in [2.45, 2.75) is 32.6 Å². The highest BCUT2D eigenvalue weighted by molar-refractivity contribution is 6.42. The first-order valence-electron chi connectivity index (χ1n) is 5.73. The monoisotopic (exact) mass is 274 g/mol. The van der Waals surface area contributed by atoms with Crippen molar-refractivity contribution in [3.8, 4) is 0 Å². The molecule has 0 fully saturated rings. The minimum absolute atomic E-state index is 0.123. The summed E-state index contributed by atoms with van der Waals surface area (Å²) in [6, 6.07) is 5.62. The second kappa shape index (κ2) is 7.57. The van der Waals surface area contributed by atoms with Gasteiger partial charge in [0.05, 0.1) is 16.7 Å². The Morgan fingerprint density at radius 2 is 2.00 bits per heavy atom. The van der Waals surface area contributed by atoms with Crippen LogP contribution in [-0.2, 0) is 16.0 Å². The molecule has 2 nitrogen and oxygen atoms in total. The molecule has 17 heavy (non-hydrogen) atoms. The summed E-state index contributed by atoms with van der Waals surface area (Å²) < 4.78 is 4.85. The van der Waals surface area contributed by atoms with E-state index in [0.717, 1.165) is 24.8 Å². The maximum Gasteiger partial charge on any atom is 0.305 e. The average Bonchev–Trinajstić information content (AvgIpc) is 2.29. The molecule has 1 aromatic rings. The largest absolute Gasteiger partial charge is 0.466 e. The van der Waals surface area contributed by atoms with Gasteiger partial charge in [0.15, 0.2) is 0 Å². The van der Waals surface area contributed by atoms with Crippen LogP contribution in [0.5, 0.6) is 0 Å². The van der Waals surface area contributed by atoms with E-state index in [-0.39, 0.29) is 5.97 Å². The summed E-state index contributed by atoms with van der Waals surface area (Å²) >= 11 is 11.7. The number of unbranched alkanes of at least 4 members (excludes halogenated alkanes) is 1. The molecule has 0 aliphatic rings. The summed E-state index contributed by atoms with van der Waals surface area (Å²) in [5.41, 5.74) is 1.14. The van der Waals surface area contributed by atoms with Gasteiger partial charge in [-0.2, -0.15) is 0 Å². The molecular formula is C13H16Cl2O2. The lowest BCUT2D eigenvalue weighted by atomic mass is 10.1. The molecule has 94 valence electrons. The topological polar surface area (TPSA) is 26.3 Å². The zero-order valence-corrected chi connectivity index (χ0v) is 11.4. The van der Waals surface area contributed by atoms with Crippen LogP contribution < -0.4 is 0 Å². The van der Waals surface area contributed by atoms with Crippen molar-refractivity contribution in [3.63, 3.8) is 0 Å². The molecule has 1 aromatic carbocycles. The van der Waals surface area contributed by atoms with E-state index in [1.165, 1.54) is 0 Å². The quantitative estimate of drug-likeness (QED) is 0.572. The molecule has 4 heteroatoms. The number of hydrogen-bond donors (Lipinski definition) is 0. The van der Waals surface area contributed by atoms with Gasteiger partial charge in [0.2, 0.25) is 0 Å². The molecule has 0 aliphatic carbocycles. The second-order valence-corrected chi connectivity index (χ2v) is 4.57. The van der Waals surface area contributed by atoms with Crippen LogP contribution in [0.25, 0.3) is 0 Å². The van der Waals surface area contributed by atoms with Gasteiger partial charge >= 0.3 is 5.97 Å². The summed E-state index contributed by atoms with van der Waals surface area (Å²) in [7, 11) is 0. The number of halogens is 2. The standard InChI is InChI=1S/C13H16Cl2O2/c1-2-17-13(16)6-4-3-5-10-7-8-11(14)12(15)9-10/h7-9H,2-6H2,1H3. The number of hydrogen-bond acceptors (Lipinski definition) is 2. The van der Waals surface area contributed by atoms with Crippen LogP contribution in [0.4, 0.5) is 0 Å². The molecule has 0 aromatic heterocycles. The van der Waals surface area contributed by atoms with E-state index < -0.39 is 0 Å². The van der Waals surface area contributed by atoms with Crippen LogP contribution in [-0.4, -0.2) is 12.6 Å². The third-order valence-electron chi connectivity index (χ3n) is 2.39. The van der Waals surface area contributed by atoms with Gasteiger partial charge in [-0.1, -0.05) is 29.3 Å². The summed E-state index contributed by atoms with van der Waals surface area (Å²) in [4.78, 5) is 11.1. The Labute approximate surface area is 112 Å². The Balaban J connectivity index is 2.26. The molecule has 0 heterocycles. The van der Waals surface area contributed by atoms with Gasteiger partial charge in [-0.25, -0.2) is 0 Å². The maximum absolute atomic E-state index is 11.1. The molecule has 0 spiro atoms. The zero-order valence-electron chi connectivity index (χ0n) is 9.84. The Hall–Kier alpha value is -0.730. The molecule has 0 bridgehead atoms. The molecule has 1 rings (SSSR count). The fraction of sp³-hybridized carbons (Fsp3) is 0.462. The first kappa shape index (κ1) is 14.3. The molecular weight excluding hydrogens is 259 g/mol. The molecule has 0 atom stereocenters. The molecule has 0 aliphatic heterocycles. The van der Waals surface area contributed by atoms with Crippen molar-refractivity contribution in [2.75, 3.05) is 6.61 Å². The van der Waals surface area contributed by atoms with E-state index in [1.54, 1.807) is 6.07 Å². The van der Waals surface area contributed by atoms with E-state index in [1.807, 2.05) is 19.1 Å². The molecule has 0 amide bonds. The van der Waals surface area contributed by atoms with E-state index in [2.05, 4.69) is 0 Å². The highest BCUT2D eigenvalue weighted by atomic mass is 35.5. The molecule has 0 N–H and O–H groups in total. The third-order valence-corrected chi connectivity index (χ3v) is 3.12.